The molecule has 1 rings (SSSR count). The molecule has 0 fully saturated rings. The van der Waals surface area contributed by atoms with Crippen molar-refractivity contribution in [3.63, 3.8) is 0 Å². The van der Waals surface area contributed by atoms with Gasteiger partial charge in [-0.3, -0.25) is 0 Å². The minimum Gasteiger partial charge on any atom is -0.313 e. The Labute approximate surface area is 116 Å². The van der Waals surface area contributed by atoms with Crippen LogP contribution in [0.1, 0.15) is 25.8 Å². The predicted molar refractivity (Wildman–Crippen MR) is 75.2 cm³/mol. The van der Waals surface area contributed by atoms with Crippen LogP contribution in [0.3, 0.4) is 0 Å². The first-order chi connectivity index (χ1) is 8.94. The summed E-state index contributed by atoms with van der Waals surface area (Å²) in [5.74, 6) is 0. The van der Waals surface area contributed by atoms with E-state index in [4.69, 9.17) is 0 Å². The van der Waals surface area contributed by atoms with E-state index in [9.17, 15) is 13.2 Å². The van der Waals surface area contributed by atoms with Crippen LogP contribution >= 0.6 is 11.8 Å². The van der Waals surface area contributed by atoms with E-state index in [0.717, 1.165) is 25.1 Å². The molecule has 0 heterocycles. The van der Waals surface area contributed by atoms with E-state index < -0.39 is 5.51 Å². The van der Waals surface area contributed by atoms with Gasteiger partial charge in [-0.1, -0.05) is 37.6 Å². The number of likely N-dealkylation sites (N-methyl/N-ethyl adjacent to an activating group) is 1. The van der Waals surface area contributed by atoms with Gasteiger partial charge in [-0.2, -0.15) is 13.2 Å². The van der Waals surface area contributed by atoms with Gasteiger partial charge in [0.15, 0.2) is 0 Å². The van der Waals surface area contributed by atoms with E-state index >= 15 is 0 Å². The van der Waals surface area contributed by atoms with Gasteiger partial charge in [0.2, 0.25) is 0 Å². The molecule has 1 nitrogen and oxygen atoms in total. The highest BCUT2D eigenvalue weighted by atomic mass is 32.2. The normalized spacial score (nSPS) is 12.8. The van der Waals surface area contributed by atoms with Crippen LogP contribution in [0.25, 0.3) is 6.08 Å². The molecule has 0 unspecified atom stereocenters. The molecule has 0 atom stereocenters. The zero-order valence-corrected chi connectivity index (χ0v) is 11.9. The lowest BCUT2D eigenvalue weighted by molar-refractivity contribution is -0.0328. The second kappa shape index (κ2) is 7.60. The zero-order chi connectivity index (χ0) is 14.3. The SMILES string of the molecule is CCNCC(=Cc1ccc(SC(F)(F)F)cc1)CC. The molecule has 0 spiro atoms. The number of thioether (sulfide) groups is 1. The molecule has 106 valence electrons. The maximum Gasteiger partial charge on any atom is 0.446 e. The first-order valence-electron chi connectivity index (χ1n) is 6.20. The summed E-state index contributed by atoms with van der Waals surface area (Å²) in [7, 11) is 0. The predicted octanol–water partition coefficient (Wildman–Crippen LogP) is 4.70. The van der Waals surface area contributed by atoms with Crippen LogP contribution in [0.2, 0.25) is 0 Å². The topological polar surface area (TPSA) is 12.0 Å². The van der Waals surface area contributed by atoms with E-state index in [0.29, 0.717) is 0 Å². The number of rotatable bonds is 6. The molecule has 0 aliphatic rings. The summed E-state index contributed by atoms with van der Waals surface area (Å²) in [6, 6.07) is 6.44. The summed E-state index contributed by atoms with van der Waals surface area (Å²) in [6.45, 7) is 5.82. The number of alkyl halides is 3. The lowest BCUT2D eigenvalue weighted by Gasteiger charge is -2.07. The first-order valence-corrected chi connectivity index (χ1v) is 7.02. The van der Waals surface area contributed by atoms with Crippen LogP contribution in [0.5, 0.6) is 0 Å². The molecule has 0 aromatic heterocycles. The molecule has 0 saturated heterocycles. The Bertz CT molecular complexity index is 410. The van der Waals surface area contributed by atoms with Gasteiger partial charge in [0.05, 0.1) is 0 Å². The summed E-state index contributed by atoms with van der Waals surface area (Å²) >= 11 is -0.0851. The number of hydrogen-bond acceptors (Lipinski definition) is 2. The monoisotopic (exact) mass is 289 g/mol. The summed E-state index contributed by atoms with van der Waals surface area (Å²) < 4.78 is 36.6. The lowest BCUT2D eigenvalue weighted by atomic mass is 10.1. The number of benzene rings is 1. The van der Waals surface area contributed by atoms with Crippen LogP contribution in [0, 0.1) is 0 Å². The highest BCUT2D eigenvalue weighted by Gasteiger charge is 2.28. The van der Waals surface area contributed by atoms with E-state index in [1.807, 2.05) is 13.0 Å². The Morgan fingerprint density at radius 2 is 1.84 bits per heavy atom. The molecule has 0 aliphatic heterocycles. The van der Waals surface area contributed by atoms with Crippen LogP contribution in [-0.4, -0.2) is 18.6 Å². The van der Waals surface area contributed by atoms with Crippen molar-refractivity contribution in [3.05, 3.63) is 35.4 Å². The Hall–Kier alpha value is -0.940. The molecular formula is C14H18F3NS. The third-order valence-corrected chi connectivity index (χ3v) is 3.28. The Morgan fingerprint density at radius 3 is 2.32 bits per heavy atom. The standard InChI is InChI=1S/C14H18F3NS/c1-3-11(10-18-4-2)9-12-5-7-13(8-6-12)19-14(15,16)17/h5-9,18H,3-4,10H2,1-2H3. The van der Waals surface area contributed by atoms with E-state index in [-0.39, 0.29) is 16.7 Å². The summed E-state index contributed by atoms with van der Waals surface area (Å²) in [5, 5.41) is 3.24. The molecule has 0 amide bonds. The van der Waals surface area contributed by atoms with Gasteiger partial charge < -0.3 is 5.32 Å². The number of hydrogen-bond donors (Lipinski definition) is 1. The third kappa shape index (κ3) is 6.68. The van der Waals surface area contributed by atoms with Crippen molar-refractivity contribution < 1.29 is 13.2 Å². The van der Waals surface area contributed by atoms with Crippen molar-refractivity contribution in [2.24, 2.45) is 0 Å². The van der Waals surface area contributed by atoms with Crippen LogP contribution < -0.4 is 5.32 Å². The molecule has 1 aromatic carbocycles. The van der Waals surface area contributed by atoms with Gasteiger partial charge in [0.25, 0.3) is 0 Å². The van der Waals surface area contributed by atoms with E-state index in [1.165, 1.54) is 17.7 Å². The second-order valence-corrected chi connectivity index (χ2v) is 5.19. The Kier molecular flexibility index (Phi) is 6.45. The molecule has 1 aromatic rings. The van der Waals surface area contributed by atoms with E-state index in [1.54, 1.807) is 12.1 Å². The van der Waals surface area contributed by atoms with Crippen molar-refractivity contribution in [1.82, 2.24) is 5.32 Å². The largest absolute Gasteiger partial charge is 0.446 e. The molecular weight excluding hydrogens is 271 g/mol. The highest BCUT2D eigenvalue weighted by Crippen LogP contribution is 2.36. The maximum absolute atomic E-state index is 12.2. The molecule has 1 N–H and O–H groups in total. The summed E-state index contributed by atoms with van der Waals surface area (Å²) in [6.07, 6.45) is 2.94. The molecule has 19 heavy (non-hydrogen) atoms. The zero-order valence-electron chi connectivity index (χ0n) is 11.1. The van der Waals surface area contributed by atoms with Crippen LogP contribution in [0.4, 0.5) is 13.2 Å². The van der Waals surface area contributed by atoms with Crippen LogP contribution in [-0.2, 0) is 0 Å². The quantitative estimate of drug-likeness (QED) is 0.762. The Balaban J connectivity index is 2.72. The molecule has 0 aliphatic carbocycles. The minimum absolute atomic E-state index is 0.0851. The van der Waals surface area contributed by atoms with Crippen LogP contribution in [0.15, 0.2) is 34.7 Å². The van der Waals surface area contributed by atoms with E-state index in [2.05, 4.69) is 12.2 Å². The van der Waals surface area contributed by atoms with Crippen molar-refractivity contribution in [2.75, 3.05) is 13.1 Å². The molecule has 0 bridgehead atoms. The molecule has 0 radical (unpaired) electrons. The average molecular weight is 289 g/mol. The molecule has 5 heteroatoms. The lowest BCUT2D eigenvalue weighted by Crippen LogP contribution is -2.15. The second-order valence-electron chi connectivity index (χ2n) is 4.05. The van der Waals surface area contributed by atoms with Gasteiger partial charge in [0.1, 0.15) is 0 Å². The summed E-state index contributed by atoms with van der Waals surface area (Å²) in [5.41, 5.74) is -2.06. The summed E-state index contributed by atoms with van der Waals surface area (Å²) in [4.78, 5) is 0.217. The van der Waals surface area contributed by atoms with Gasteiger partial charge in [-0.05, 0) is 42.4 Å². The highest BCUT2D eigenvalue weighted by molar-refractivity contribution is 8.00. The fourth-order valence-electron chi connectivity index (χ4n) is 1.57. The number of nitrogens with one attached hydrogen (secondary N) is 1. The van der Waals surface area contributed by atoms with Gasteiger partial charge in [-0.15, -0.1) is 0 Å². The van der Waals surface area contributed by atoms with Crippen molar-refractivity contribution >= 4 is 17.8 Å². The fourth-order valence-corrected chi connectivity index (χ4v) is 2.10. The number of halogens is 3. The average Bonchev–Trinajstić information content (AvgIpc) is 2.34. The fraction of sp³-hybridized carbons (Fsp3) is 0.429. The van der Waals surface area contributed by atoms with Gasteiger partial charge in [-0.25, -0.2) is 0 Å². The smallest absolute Gasteiger partial charge is 0.313 e. The third-order valence-electron chi connectivity index (χ3n) is 2.54. The van der Waals surface area contributed by atoms with Crippen molar-refractivity contribution in [1.29, 1.82) is 0 Å². The minimum atomic E-state index is -4.23. The Morgan fingerprint density at radius 1 is 1.21 bits per heavy atom. The van der Waals surface area contributed by atoms with Crippen molar-refractivity contribution in [3.8, 4) is 0 Å². The maximum atomic E-state index is 12.2. The molecule has 0 saturated carbocycles. The van der Waals surface area contributed by atoms with Gasteiger partial charge in [0, 0.05) is 11.4 Å². The first kappa shape index (κ1) is 16.1. The van der Waals surface area contributed by atoms with Gasteiger partial charge >= 0.3 is 5.51 Å². The van der Waals surface area contributed by atoms with Crippen molar-refractivity contribution in [2.45, 2.75) is 30.7 Å².